The molecule has 0 amide bonds. The summed E-state index contributed by atoms with van der Waals surface area (Å²) < 4.78 is 0. The SMILES string of the molecule is CCCCCCCCCCN[C@H](C)c1cccnc1. The van der Waals surface area contributed by atoms with Crippen molar-refractivity contribution in [3.63, 3.8) is 0 Å². The summed E-state index contributed by atoms with van der Waals surface area (Å²) in [4.78, 5) is 4.16. The van der Waals surface area contributed by atoms with E-state index in [0.29, 0.717) is 6.04 Å². The van der Waals surface area contributed by atoms with E-state index in [-0.39, 0.29) is 0 Å². The molecule has 1 heterocycles. The van der Waals surface area contributed by atoms with E-state index in [4.69, 9.17) is 0 Å². The molecule has 1 N–H and O–H groups in total. The van der Waals surface area contributed by atoms with Crippen LogP contribution in [-0.2, 0) is 0 Å². The van der Waals surface area contributed by atoms with Crippen LogP contribution >= 0.6 is 0 Å². The van der Waals surface area contributed by atoms with Crippen LogP contribution in [0.5, 0.6) is 0 Å². The molecule has 19 heavy (non-hydrogen) atoms. The van der Waals surface area contributed by atoms with Crippen LogP contribution in [0.15, 0.2) is 24.5 Å². The molecule has 0 aliphatic rings. The third-order valence-electron chi connectivity index (χ3n) is 3.67. The van der Waals surface area contributed by atoms with Gasteiger partial charge in [-0.05, 0) is 31.5 Å². The highest BCUT2D eigenvalue weighted by molar-refractivity contribution is 5.12. The Morgan fingerprint density at radius 3 is 2.37 bits per heavy atom. The van der Waals surface area contributed by atoms with Crippen LogP contribution in [0.1, 0.15) is 76.8 Å². The highest BCUT2D eigenvalue weighted by Crippen LogP contribution is 2.11. The molecule has 0 saturated heterocycles. The van der Waals surface area contributed by atoms with E-state index in [9.17, 15) is 0 Å². The van der Waals surface area contributed by atoms with Gasteiger partial charge in [-0.2, -0.15) is 0 Å². The fraction of sp³-hybridized carbons (Fsp3) is 0.706. The molecule has 0 unspecified atom stereocenters. The standard InChI is InChI=1S/C17H30N2/c1-3-4-5-6-7-8-9-10-14-19-16(2)17-12-11-13-18-15-17/h11-13,15-16,19H,3-10,14H2,1-2H3/t16-/m1/s1. The largest absolute Gasteiger partial charge is 0.310 e. The summed E-state index contributed by atoms with van der Waals surface area (Å²) in [6.07, 6.45) is 14.8. The molecule has 1 aromatic heterocycles. The minimum absolute atomic E-state index is 0.415. The zero-order valence-electron chi connectivity index (χ0n) is 12.7. The molecule has 0 radical (unpaired) electrons. The van der Waals surface area contributed by atoms with E-state index in [1.54, 1.807) is 0 Å². The Morgan fingerprint density at radius 1 is 1.05 bits per heavy atom. The molecule has 2 heteroatoms. The number of nitrogens with zero attached hydrogens (tertiary/aromatic N) is 1. The lowest BCUT2D eigenvalue weighted by molar-refractivity contribution is 0.521. The molecule has 1 aromatic rings. The van der Waals surface area contributed by atoms with Crippen molar-refractivity contribution in [1.82, 2.24) is 10.3 Å². The van der Waals surface area contributed by atoms with Gasteiger partial charge in [-0.3, -0.25) is 4.98 Å². The Morgan fingerprint density at radius 2 is 1.74 bits per heavy atom. The molecule has 0 aliphatic carbocycles. The summed E-state index contributed by atoms with van der Waals surface area (Å²) in [5, 5.41) is 3.57. The molecule has 0 spiro atoms. The maximum absolute atomic E-state index is 4.16. The van der Waals surface area contributed by atoms with Gasteiger partial charge < -0.3 is 5.32 Å². The zero-order chi connectivity index (χ0) is 13.8. The van der Waals surface area contributed by atoms with Crippen molar-refractivity contribution in [3.8, 4) is 0 Å². The summed E-state index contributed by atoms with van der Waals surface area (Å²) in [6.45, 7) is 5.60. The topological polar surface area (TPSA) is 24.9 Å². The second-order valence-corrected chi connectivity index (χ2v) is 5.44. The first kappa shape index (κ1) is 16.2. The van der Waals surface area contributed by atoms with Gasteiger partial charge in [0.1, 0.15) is 0 Å². The van der Waals surface area contributed by atoms with Gasteiger partial charge in [-0.15, -0.1) is 0 Å². The Hall–Kier alpha value is -0.890. The van der Waals surface area contributed by atoms with Gasteiger partial charge in [0.25, 0.3) is 0 Å². The van der Waals surface area contributed by atoms with Gasteiger partial charge in [0.15, 0.2) is 0 Å². The Balaban J connectivity index is 1.93. The monoisotopic (exact) mass is 262 g/mol. The first-order valence-corrected chi connectivity index (χ1v) is 7.98. The Bertz CT molecular complexity index is 297. The lowest BCUT2D eigenvalue weighted by Gasteiger charge is -2.13. The second kappa shape index (κ2) is 11.0. The van der Waals surface area contributed by atoms with Crippen molar-refractivity contribution >= 4 is 0 Å². The second-order valence-electron chi connectivity index (χ2n) is 5.44. The normalized spacial score (nSPS) is 12.5. The molecule has 2 nitrogen and oxygen atoms in total. The van der Waals surface area contributed by atoms with Crippen molar-refractivity contribution < 1.29 is 0 Å². The minimum atomic E-state index is 0.415. The molecule has 0 fully saturated rings. The van der Waals surface area contributed by atoms with Crippen LogP contribution in [0.4, 0.5) is 0 Å². The maximum atomic E-state index is 4.16. The summed E-state index contributed by atoms with van der Waals surface area (Å²) >= 11 is 0. The summed E-state index contributed by atoms with van der Waals surface area (Å²) in [5.41, 5.74) is 1.28. The number of hydrogen-bond donors (Lipinski definition) is 1. The average molecular weight is 262 g/mol. The lowest BCUT2D eigenvalue weighted by atomic mass is 10.1. The van der Waals surface area contributed by atoms with Crippen molar-refractivity contribution in [2.45, 2.75) is 71.3 Å². The predicted molar refractivity (Wildman–Crippen MR) is 83.3 cm³/mol. The molecule has 0 aromatic carbocycles. The third-order valence-corrected chi connectivity index (χ3v) is 3.67. The van der Waals surface area contributed by atoms with E-state index in [0.717, 1.165) is 6.54 Å². The minimum Gasteiger partial charge on any atom is -0.310 e. The van der Waals surface area contributed by atoms with Gasteiger partial charge in [0, 0.05) is 18.4 Å². The average Bonchev–Trinajstić information content (AvgIpc) is 2.46. The number of nitrogens with one attached hydrogen (secondary N) is 1. The van der Waals surface area contributed by atoms with Crippen molar-refractivity contribution in [3.05, 3.63) is 30.1 Å². The highest BCUT2D eigenvalue weighted by Gasteiger charge is 2.03. The predicted octanol–water partition coefficient (Wildman–Crippen LogP) is 4.87. The van der Waals surface area contributed by atoms with Crippen LogP contribution in [0, 0.1) is 0 Å². The van der Waals surface area contributed by atoms with Crippen LogP contribution in [0.3, 0.4) is 0 Å². The van der Waals surface area contributed by atoms with E-state index < -0.39 is 0 Å². The number of unbranched alkanes of at least 4 members (excludes halogenated alkanes) is 7. The van der Waals surface area contributed by atoms with Crippen LogP contribution in [0.25, 0.3) is 0 Å². The quantitative estimate of drug-likeness (QED) is 0.575. The molecule has 0 saturated carbocycles. The molecular formula is C17H30N2. The van der Waals surface area contributed by atoms with E-state index in [1.165, 1.54) is 56.9 Å². The van der Waals surface area contributed by atoms with E-state index >= 15 is 0 Å². The van der Waals surface area contributed by atoms with Crippen molar-refractivity contribution in [2.24, 2.45) is 0 Å². The smallest absolute Gasteiger partial charge is 0.0315 e. The Kier molecular flexibility index (Phi) is 9.34. The lowest BCUT2D eigenvalue weighted by Crippen LogP contribution is -2.19. The molecule has 108 valence electrons. The van der Waals surface area contributed by atoms with Crippen LogP contribution < -0.4 is 5.32 Å². The summed E-state index contributed by atoms with van der Waals surface area (Å²) in [5.74, 6) is 0. The first-order chi connectivity index (χ1) is 9.34. The van der Waals surface area contributed by atoms with Gasteiger partial charge in [0.2, 0.25) is 0 Å². The molecule has 1 rings (SSSR count). The fourth-order valence-electron chi connectivity index (χ4n) is 2.33. The number of hydrogen-bond acceptors (Lipinski definition) is 2. The van der Waals surface area contributed by atoms with E-state index in [2.05, 4.69) is 30.2 Å². The van der Waals surface area contributed by atoms with Gasteiger partial charge in [-0.25, -0.2) is 0 Å². The number of pyridine rings is 1. The highest BCUT2D eigenvalue weighted by atomic mass is 14.9. The zero-order valence-corrected chi connectivity index (χ0v) is 12.7. The third kappa shape index (κ3) is 7.99. The van der Waals surface area contributed by atoms with Crippen LogP contribution in [0.2, 0.25) is 0 Å². The van der Waals surface area contributed by atoms with E-state index in [1.807, 2.05) is 18.5 Å². The van der Waals surface area contributed by atoms with Gasteiger partial charge in [0.05, 0.1) is 0 Å². The van der Waals surface area contributed by atoms with Crippen LogP contribution in [-0.4, -0.2) is 11.5 Å². The Labute approximate surface area is 119 Å². The molecule has 0 bridgehead atoms. The van der Waals surface area contributed by atoms with Gasteiger partial charge in [-0.1, -0.05) is 57.9 Å². The summed E-state index contributed by atoms with van der Waals surface area (Å²) in [6, 6.07) is 4.56. The fourth-order valence-corrected chi connectivity index (χ4v) is 2.33. The number of aromatic nitrogens is 1. The first-order valence-electron chi connectivity index (χ1n) is 7.98. The molecule has 1 atom stereocenters. The number of rotatable bonds is 11. The summed E-state index contributed by atoms with van der Waals surface area (Å²) in [7, 11) is 0. The molecule has 0 aliphatic heterocycles. The van der Waals surface area contributed by atoms with Crippen molar-refractivity contribution in [2.75, 3.05) is 6.54 Å². The van der Waals surface area contributed by atoms with Crippen molar-refractivity contribution in [1.29, 1.82) is 0 Å². The van der Waals surface area contributed by atoms with Gasteiger partial charge >= 0.3 is 0 Å². The molecular weight excluding hydrogens is 232 g/mol. The maximum Gasteiger partial charge on any atom is 0.0315 e.